The van der Waals surface area contributed by atoms with Crippen LogP contribution in [0.1, 0.15) is 41.5 Å². The predicted octanol–water partition coefficient (Wildman–Crippen LogP) is -23.2. The van der Waals surface area contributed by atoms with Gasteiger partial charge in [-0.3, -0.25) is 24.0 Å². The molecule has 60 nitrogen and oxygen atoms in total. The largest absolute Gasteiger partial charge is 0.394 e. The summed E-state index contributed by atoms with van der Waals surface area (Å²) in [5.74, 6) is -4.80. The number of amides is 5. The van der Waals surface area contributed by atoms with Crippen molar-refractivity contribution in [3.8, 4) is 0 Å². The van der Waals surface area contributed by atoms with E-state index in [2.05, 4.69) is 26.6 Å². The van der Waals surface area contributed by atoms with Crippen molar-refractivity contribution in [2.45, 2.75) is 379 Å². The minimum absolute atomic E-state index is 0.834. The van der Waals surface area contributed by atoms with Crippen molar-refractivity contribution in [1.82, 2.24) is 26.6 Å². The lowest BCUT2D eigenvalue weighted by Crippen LogP contribution is -2.71. The third kappa shape index (κ3) is 24.6. The van der Waals surface area contributed by atoms with Crippen molar-refractivity contribution in [2.75, 3.05) is 66.1 Å². The van der Waals surface area contributed by atoms with Gasteiger partial charge in [0, 0.05) is 34.6 Å². The Hall–Kier alpha value is -4.65. The Bertz CT molecular complexity index is 3760. The molecule has 11 saturated heterocycles. The summed E-state index contributed by atoms with van der Waals surface area (Å²) in [6.07, 6.45) is -105. The fourth-order valence-electron chi connectivity index (χ4n) is 17.8. The molecule has 786 valence electrons. The third-order valence-electron chi connectivity index (χ3n) is 24.9. The van der Waals surface area contributed by atoms with Gasteiger partial charge in [-0.05, 0) is 6.92 Å². The second kappa shape index (κ2) is 48.8. The van der Waals surface area contributed by atoms with Crippen molar-refractivity contribution in [3.63, 3.8) is 0 Å². The highest BCUT2D eigenvalue weighted by Gasteiger charge is 2.63. The second-order valence-electron chi connectivity index (χ2n) is 34.5. The van der Waals surface area contributed by atoms with Crippen LogP contribution in [0.2, 0.25) is 0 Å². The molecule has 11 aliphatic heterocycles. The molecule has 0 aliphatic carbocycles. The Morgan fingerprint density at radius 2 is 0.449 bits per heavy atom. The summed E-state index contributed by atoms with van der Waals surface area (Å²) in [6.45, 7) is -5.59. The van der Waals surface area contributed by atoms with E-state index in [1.807, 2.05) is 0 Å². The van der Waals surface area contributed by atoms with Gasteiger partial charge in [-0.25, -0.2) is 0 Å². The first-order chi connectivity index (χ1) is 64.3. The van der Waals surface area contributed by atoms with Gasteiger partial charge in [0.25, 0.3) is 0 Å². The van der Waals surface area contributed by atoms with Crippen LogP contribution >= 0.6 is 0 Å². The van der Waals surface area contributed by atoms with Gasteiger partial charge in [0.15, 0.2) is 69.2 Å². The summed E-state index contributed by atoms with van der Waals surface area (Å²) >= 11 is 0. The van der Waals surface area contributed by atoms with Gasteiger partial charge in [0.2, 0.25) is 29.5 Å². The summed E-state index contributed by atoms with van der Waals surface area (Å²) in [5.41, 5.74) is 0. The zero-order chi connectivity index (χ0) is 100. The highest BCUT2D eigenvalue weighted by atomic mass is 16.8. The van der Waals surface area contributed by atoms with E-state index in [1.54, 1.807) is 0 Å². The molecule has 0 unspecified atom stereocenters. The fraction of sp³-hybridized carbons (Fsp3) is 0.934. The molecule has 11 heterocycles. The number of aliphatic hydroxyl groups is 29. The molecule has 0 radical (unpaired) electrons. The number of carbonyl (C=O) groups excluding carboxylic acids is 5. The second-order valence-corrected chi connectivity index (χ2v) is 34.5. The molecule has 60 heteroatoms. The van der Waals surface area contributed by atoms with Gasteiger partial charge in [-0.15, -0.1) is 0 Å². The number of hydrogen-bond donors (Lipinski definition) is 34. The highest BCUT2D eigenvalue weighted by Crippen LogP contribution is 2.42. The quantitative estimate of drug-likeness (QED) is 0.0280. The molecule has 136 heavy (non-hydrogen) atoms. The van der Waals surface area contributed by atoms with Crippen molar-refractivity contribution in [1.29, 1.82) is 0 Å². The summed E-state index contributed by atoms with van der Waals surface area (Å²) in [5, 5.41) is 338. The van der Waals surface area contributed by atoms with Crippen molar-refractivity contribution in [3.05, 3.63) is 0 Å². The summed E-state index contributed by atoms with van der Waals surface area (Å²) in [6, 6.07) is -9.72. The van der Waals surface area contributed by atoms with Crippen LogP contribution < -0.4 is 26.6 Å². The summed E-state index contributed by atoms with van der Waals surface area (Å²) in [4.78, 5) is 65.0. The fourth-order valence-corrected chi connectivity index (χ4v) is 17.8. The van der Waals surface area contributed by atoms with E-state index in [9.17, 15) is 172 Å². The molecule has 0 aromatic carbocycles. The number of nitrogens with one attached hydrogen (secondary N) is 5. The number of rotatable bonds is 35. The standard InChI is InChI=1S/C76H127N5O55/c1-17-38(96)50(108)53(111)72(117-17)136-65-64(135-69-34(78-19(3)92)46(104)40(98)24(8-83)120-69)43(101)27(11-86)123-76(65)131-59-29(13-88)124-67(35(47(59)105)79-20(4)93)116-16-32-44(102)63(134-71-37(81-22(6)95)48(106)57(30(14-89)126-71)128-73-54(112)61(41(99)25(9-84)121-73)132-68-33(77-18(2)91)45(103)39(97)23(7-82)119-68)56(114)75(127-32)129-58-31(15-90)125-70(36(49(58)107)80-21(5)94)133-62-42(100)26(10-85)122-74(55(62)113)130-60-28(12-87)118-66(115)52(110)51(60)109/h17,23-76,82-90,96-115H,7-16H2,1-6H3,(H,77,91)(H,78,92)(H,79,93)(H,80,94)(H,81,95)/t17-,23+,24+,25+,26+,27+,28+,29+,30+,31+,32+,33+,34+,35+,36+,37+,38+,39+,40-,41-,42-,43-,44-,45+,46+,47+,48+,49+,50+,51+,52+,53-,54+,55+,56+,57+,58+,59+,60+,61-,62-,63-,64-,65+,66+,67+,68-,69+,70-,71-,72-,73-,74-,75-,76-/m0/s1. The maximum Gasteiger partial charge on any atom is 0.217 e. The SMILES string of the molecule is CC(=O)N[C@H]1[C@H](O[C@H]2[C@@H](O)[C@@H](CO)O[C@@H](O[C@H]3[C@H](O)[C@@H](O)[C@H](O)O[C@@H]3CO)[C@@H]2O)O[C@H](CO)[C@@H](O[C@@H]2O[C@H](CO[C@@H]3O[C@H](CO)[C@@H](O[C@@H]4O[C@H](CO)[C@H](O)[C@H](O[C@H]5O[C@H](CO)[C@H](O)[C@H](O)[C@H]5NC(C)=O)[C@H]4O[C@@H]4O[C@@H](C)[C@@H](O)[C@@H](O)[C@@H]4O)[C@H](O)[C@H]3NC(C)=O)[C@H](O)[C@H](O[C@@H]3O[C@H](CO)[C@@H](O[C@@H]4O[C@H](CO)[C@H](O)[C@H](O[C@@H]5O[C@H](CO)[C@@H](O)[C@H](O)[C@H]5NC(C)=O)[C@H]4O)[C@H](O)[C@H]3NC(C)=O)[C@H]2O)[C@@H]1O. The Morgan fingerprint density at radius 1 is 0.206 bits per heavy atom. The normalized spacial score (nSPS) is 49.2. The van der Waals surface area contributed by atoms with E-state index >= 15 is 0 Å². The van der Waals surface area contributed by atoms with E-state index < -0.39 is 433 Å². The number of carbonyl (C=O) groups is 5. The van der Waals surface area contributed by atoms with Crippen LogP contribution in [0.3, 0.4) is 0 Å². The van der Waals surface area contributed by atoms with Gasteiger partial charge in [0.1, 0.15) is 262 Å². The molecule has 34 N–H and O–H groups in total. The first-order valence-electron chi connectivity index (χ1n) is 43.5. The molecule has 11 rings (SSSR count). The lowest BCUT2D eigenvalue weighted by atomic mass is 9.93. The smallest absolute Gasteiger partial charge is 0.217 e. The highest BCUT2D eigenvalue weighted by molar-refractivity contribution is 5.75. The Balaban J connectivity index is 0.912. The maximum absolute atomic E-state index is 13.4. The van der Waals surface area contributed by atoms with Crippen molar-refractivity contribution >= 4 is 29.5 Å². The van der Waals surface area contributed by atoms with Gasteiger partial charge >= 0.3 is 0 Å². The van der Waals surface area contributed by atoms with Crippen LogP contribution in [0.25, 0.3) is 0 Å². The minimum Gasteiger partial charge on any atom is -0.394 e. The molecule has 5 amide bonds. The van der Waals surface area contributed by atoms with Crippen molar-refractivity contribution in [2.24, 2.45) is 0 Å². The predicted molar refractivity (Wildman–Crippen MR) is 419 cm³/mol. The zero-order valence-electron chi connectivity index (χ0n) is 73.4. The molecule has 55 atom stereocenters. The van der Waals surface area contributed by atoms with Crippen LogP contribution in [-0.4, -0.2) is 581 Å². The molecule has 11 fully saturated rings. The van der Waals surface area contributed by atoms with Crippen LogP contribution in [-0.2, 0) is 123 Å². The average molecular weight is 1990 g/mol. The van der Waals surface area contributed by atoms with E-state index in [0.717, 1.165) is 34.6 Å². The summed E-state index contributed by atoms with van der Waals surface area (Å²) < 4.78 is 126. The molecule has 0 aromatic heterocycles. The third-order valence-corrected chi connectivity index (χ3v) is 24.9. The lowest BCUT2D eigenvalue weighted by Gasteiger charge is -2.51. The van der Waals surface area contributed by atoms with Crippen LogP contribution in [0.5, 0.6) is 0 Å². The molecule has 0 aromatic rings. The van der Waals surface area contributed by atoms with E-state index in [1.165, 1.54) is 6.92 Å². The van der Waals surface area contributed by atoms with Crippen LogP contribution in [0.15, 0.2) is 0 Å². The monoisotopic (exact) mass is 1990 g/mol. The van der Waals surface area contributed by atoms with Gasteiger partial charge in [0.05, 0.1) is 72.2 Å². The Morgan fingerprint density at radius 3 is 0.801 bits per heavy atom. The first-order valence-corrected chi connectivity index (χ1v) is 43.5. The Labute approximate surface area is 770 Å². The minimum atomic E-state index is -2.62. The molecule has 0 saturated carbocycles. The van der Waals surface area contributed by atoms with E-state index in [4.69, 9.17) is 99.5 Å². The van der Waals surface area contributed by atoms with Gasteiger partial charge in [-0.1, -0.05) is 0 Å². The molecule has 0 bridgehead atoms. The molecular weight excluding hydrogens is 1860 g/mol. The topological polar surface area (TPSA) is 926 Å². The van der Waals surface area contributed by atoms with E-state index in [0.29, 0.717) is 0 Å². The number of ether oxygens (including phenoxy) is 21. The van der Waals surface area contributed by atoms with Gasteiger partial charge in [-0.2, -0.15) is 0 Å². The molecule has 0 spiro atoms. The van der Waals surface area contributed by atoms with Crippen molar-refractivity contribution < 1.29 is 272 Å². The number of hydrogen-bond acceptors (Lipinski definition) is 55. The zero-order valence-corrected chi connectivity index (χ0v) is 73.4. The van der Waals surface area contributed by atoms with Crippen LogP contribution in [0, 0.1) is 0 Å². The van der Waals surface area contributed by atoms with Gasteiger partial charge < -0.3 is 274 Å². The molecule has 11 aliphatic rings. The molecular formula is C76H127N5O55. The lowest BCUT2D eigenvalue weighted by molar-refractivity contribution is -0.400. The average Bonchev–Trinajstić information content (AvgIpc) is 0.762. The van der Waals surface area contributed by atoms with Crippen LogP contribution in [0.4, 0.5) is 0 Å². The Kier molecular flexibility index (Phi) is 40.1. The summed E-state index contributed by atoms with van der Waals surface area (Å²) in [7, 11) is 0. The number of aliphatic hydroxyl groups excluding tert-OH is 29. The maximum atomic E-state index is 13.4. The first kappa shape index (κ1) is 112. The van der Waals surface area contributed by atoms with E-state index in [-0.39, 0.29) is 0 Å².